The largest absolute Gasteiger partial charge is 2.00 e. The van der Waals surface area contributed by atoms with Crippen molar-refractivity contribution in [1.82, 2.24) is 0 Å². The summed E-state index contributed by atoms with van der Waals surface area (Å²) in [6.07, 6.45) is -2.72. The summed E-state index contributed by atoms with van der Waals surface area (Å²) in [6.45, 7) is 0. The Hall–Kier alpha value is -0.591. The molecule has 7 nitrogen and oxygen atoms in total. The minimum absolute atomic E-state index is 0. The molecular formula is C6H5FeMnO7+. The third kappa shape index (κ3) is 7.35. The quantitative estimate of drug-likeness (QED) is 0.500. The Labute approximate surface area is 105 Å². The first-order chi connectivity index (χ1) is 5.78. The van der Waals surface area contributed by atoms with E-state index in [1.807, 2.05) is 0 Å². The average Bonchev–Trinajstić information content (AvgIpc) is 1.82. The van der Waals surface area contributed by atoms with Gasteiger partial charge in [-0.2, -0.15) is 0 Å². The summed E-state index contributed by atoms with van der Waals surface area (Å²) in [6, 6.07) is 0. The fourth-order valence-electron chi connectivity index (χ4n) is 0.684. The summed E-state index contributed by atoms with van der Waals surface area (Å²) >= 11 is 0. The maximum Gasteiger partial charge on any atom is 2.00 e. The van der Waals surface area contributed by atoms with Crippen LogP contribution < -0.4 is 15.3 Å². The van der Waals surface area contributed by atoms with Crippen molar-refractivity contribution in [2.45, 2.75) is 18.4 Å². The van der Waals surface area contributed by atoms with E-state index in [9.17, 15) is 29.7 Å². The Bertz CT molecular complexity index is 238. The van der Waals surface area contributed by atoms with E-state index < -0.39 is 36.4 Å². The van der Waals surface area contributed by atoms with E-state index in [1.54, 1.807) is 0 Å². The maximum absolute atomic E-state index is 10.1. The Morgan fingerprint density at radius 3 is 1.40 bits per heavy atom. The van der Waals surface area contributed by atoms with Crippen molar-refractivity contribution in [3.8, 4) is 0 Å². The first-order valence-electron chi connectivity index (χ1n) is 3.11. The van der Waals surface area contributed by atoms with Crippen LogP contribution in [0.1, 0.15) is 12.8 Å². The van der Waals surface area contributed by atoms with Crippen molar-refractivity contribution >= 4 is 17.9 Å². The second-order valence-corrected chi connectivity index (χ2v) is 2.42. The van der Waals surface area contributed by atoms with Crippen LogP contribution in [0, 0.1) is 0 Å². The molecule has 0 aromatic rings. The molecule has 0 rings (SSSR count). The molecule has 1 radical (unpaired) electrons. The van der Waals surface area contributed by atoms with Crippen molar-refractivity contribution in [3.63, 3.8) is 0 Å². The van der Waals surface area contributed by atoms with Gasteiger partial charge in [0, 0.05) is 24.8 Å². The van der Waals surface area contributed by atoms with Crippen molar-refractivity contribution < 1.29 is 68.9 Å². The van der Waals surface area contributed by atoms with E-state index in [0.29, 0.717) is 0 Å². The number of carboxylic acid groups (broad SMARTS) is 3. The van der Waals surface area contributed by atoms with Gasteiger partial charge >= 0.3 is 34.1 Å². The van der Waals surface area contributed by atoms with Crippen LogP contribution in [0.4, 0.5) is 0 Å². The molecule has 0 fully saturated rings. The molecule has 1 N–H and O–H groups in total. The number of aliphatic carboxylic acids is 3. The van der Waals surface area contributed by atoms with Gasteiger partial charge in [0.1, 0.15) is 5.60 Å². The third-order valence-electron chi connectivity index (χ3n) is 1.25. The fraction of sp³-hybridized carbons (Fsp3) is 0.500. The van der Waals surface area contributed by atoms with E-state index in [1.165, 1.54) is 0 Å². The number of carbonyl (C=O) groups excluding carboxylic acids is 3. The van der Waals surface area contributed by atoms with E-state index >= 15 is 0 Å². The molecule has 0 atom stereocenters. The number of aliphatic hydroxyl groups is 1. The van der Waals surface area contributed by atoms with Crippen LogP contribution in [0.3, 0.4) is 0 Å². The van der Waals surface area contributed by atoms with E-state index in [2.05, 4.69) is 0 Å². The molecule has 15 heavy (non-hydrogen) atoms. The predicted octanol–water partition coefficient (Wildman–Crippen LogP) is -5.26. The average molecular weight is 300 g/mol. The van der Waals surface area contributed by atoms with E-state index in [4.69, 9.17) is 5.11 Å². The molecule has 0 aromatic heterocycles. The molecule has 0 aliphatic rings. The van der Waals surface area contributed by atoms with Crippen LogP contribution in [0.15, 0.2) is 0 Å². The zero-order valence-electron chi connectivity index (χ0n) is 7.04. The molecule has 0 aliphatic carbocycles. The monoisotopic (exact) mass is 300 g/mol. The summed E-state index contributed by atoms with van der Waals surface area (Å²) in [5, 5.41) is 38.9. The second-order valence-electron chi connectivity index (χ2n) is 2.42. The third-order valence-corrected chi connectivity index (χ3v) is 1.25. The number of carboxylic acids is 3. The van der Waals surface area contributed by atoms with Gasteiger partial charge in [-0.25, -0.2) is 0 Å². The molecule has 0 bridgehead atoms. The first kappa shape index (κ1) is 19.9. The molecule has 0 amide bonds. The minimum atomic E-state index is -2.97. The number of hydrogen-bond acceptors (Lipinski definition) is 7. The smallest absolute Gasteiger partial charge is 0.550 e. The van der Waals surface area contributed by atoms with Gasteiger partial charge in [0.25, 0.3) is 0 Å². The van der Waals surface area contributed by atoms with Crippen LogP contribution in [0.5, 0.6) is 0 Å². The van der Waals surface area contributed by atoms with Gasteiger partial charge in [-0.15, -0.1) is 0 Å². The predicted molar refractivity (Wildman–Crippen MR) is 29.2 cm³/mol. The summed E-state index contributed by atoms with van der Waals surface area (Å²) in [4.78, 5) is 30.0. The standard InChI is InChI=1S/C6H8O7.Fe.Mn/c7-3(8)1-6(13,5(11)12)2-4(9)10;;/h13H,1-2H2,(H,7,8)(H,9,10)(H,11,12);;/q;2*+2/p-3. The topological polar surface area (TPSA) is 141 Å². The van der Waals surface area contributed by atoms with Crippen molar-refractivity contribution in [2.75, 3.05) is 0 Å². The van der Waals surface area contributed by atoms with Crippen LogP contribution in [0.2, 0.25) is 0 Å². The SMILES string of the molecule is O=C([O-])CC(O)(CC(=O)[O-])C(=O)[O-].[Fe+2].[Mn+2]. The van der Waals surface area contributed by atoms with Gasteiger partial charge in [0.15, 0.2) is 0 Å². The van der Waals surface area contributed by atoms with Crippen molar-refractivity contribution in [3.05, 3.63) is 0 Å². The number of carbonyl (C=O) groups is 3. The maximum atomic E-state index is 10.1. The molecule has 0 saturated carbocycles. The molecule has 0 heterocycles. The Kier molecular flexibility index (Phi) is 10.2. The molecule has 0 aliphatic heterocycles. The van der Waals surface area contributed by atoms with Crippen LogP contribution >= 0.6 is 0 Å². The zero-order chi connectivity index (χ0) is 10.6. The summed E-state index contributed by atoms with van der Waals surface area (Å²) in [7, 11) is 0. The Balaban J connectivity index is -0.000000720. The molecule has 0 saturated heterocycles. The Morgan fingerprint density at radius 2 is 1.27 bits per heavy atom. The number of hydrogen-bond donors (Lipinski definition) is 1. The van der Waals surface area contributed by atoms with Crippen LogP contribution in [-0.4, -0.2) is 28.6 Å². The van der Waals surface area contributed by atoms with Gasteiger partial charge in [0.05, 0.1) is 5.97 Å². The molecule has 85 valence electrons. The van der Waals surface area contributed by atoms with Crippen molar-refractivity contribution in [2.24, 2.45) is 0 Å². The van der Waals surface area contributed by atoms with Gasteiger partial charge in [0.2, 0.25) is 0 Å². The van der Waals surface area contributed by atoms with Crippen molar-refractivity contribution in [1.29, 1.82) is 0 Å². The second kappa shape index (κ2) is 7.67. The summed E-state index contributed by atoms with van der Waals surface area (Å²) < 4.78 is 0. The molecule has 0 unspecified atom stereocenters. The fourth-order valence-corrected chi connectivity index (χ4v) is 0.684. The van der Waals surface area contributed by atoms with Crippen LogP contribution in [0.25, 0.3) is 0 Å². The molecule has 0 spiro atoms. The number of rotatable bonds is 5. The molecule has 0 aromatic carbocycles. The summed E-state index contributed by atoms with van der Waals surface area (Å²) in [5.41, 5.74) is -2.97. The minimum Gasteiger partial charge on any atom is -0.550 e. The van der Waals surface area contributed by atoms with Crippen LogP contribution in [-0.2, 0) is 48.5 Å². The van der Waals surface area contributed by atoms with E-state index in [0.717, 1.165) is 0 Å². The van der Waals surface area contributed by atoms with Gasteiger partial charge < -0.3 is 34.8 Å². The zero-order valence-corrected chi connectivity index (χ0v) is 9.33. The first-order valence-corrected chi connectivity index (χ1v) is 3.11. The van der Waals surface area contributed by atoms with Gasteiger partial charge in [-0.1, -0.05) is 0 Å². The summed E-state index contributed by atoms with van der Waals surface area (Å²) in [5.74, 6) is -5.98. The normalized spacial score (nSPS) is 9.40. The molecular weight excluding hydrogens is 295 g/mol. The Morgan fingerprint density at radius 1 is 1.00 bits per heavy atom. The van der Waals surface area contributed by atoms with Gasteiger partial charge in [-0.05, 0) is 0 Å². The molecule has 9 heteroatoms. The van der Waals surface area contributed by atoms with E-state index in [-0.39, 0.29) is 34.1 Å². The van der Waals surface area contributed by atoms with Gasteiger partial charge in [-0.3, -0.25) is 0 Å².